The van der Waals surface area contributed by atoms with Crippen LogP contribution in [0, 0.1) is 10.1 Å². The summed E-state index contributed by atoms with van der Waals surface area (Å²) in [4.78, 5) is 21.6. The number of ether oxygens (including phenoxy) is 1. The van der Waals surface area contributed by atoms with Crippen LogP contribution in [0.25, 0.3) is 0 Å². The van der Waals surface area contributed by atoms with E-state index >= 15 is 0 Å². The minimum absolute atomic E-state index is 0.325. The fraction of sp³-hybridized carbons (Fsp3) is 0.250. The van der Waals surface area contributed by atoms with E-state index in [0.717, 1.165) is 6.08 Å². The number of nitro groups is 1. The van der Waals surface area contributed by atoms with Crippen molar-refractivity contribution in [2.75, 3.05) is 6.61 Å². The molecule has 1 atom stereocenters. The van der Waals surface area contributed by atoms with E-state index in [1.165, 1.54) is 6.92 Å². The number of rotatable bonds is 5. The Morgan fingerprint density at radius 3 is 2.59 bits per heavy atom. The molecule has 5 nitrogen and oxygen atoms in total. The fourth-order valence-electron chi connectivity index (χ4n) is 1.31. The number of carbonyl (C=O) groups excluding carboxylic acids is 1. The zero-order valence-corrected chi connectivity index (χ0v) is 9.46. The molecule has 0 saturated carbocycles. The molecule has 1 aromatic carbocycles. The van der Waals surface area contributed by atoms with Crippen molar-refractivity contribution < 1.29 is 14.5 Å². The first-order valence-electron chi connectivity index (χ1n) is 5.00. The summed E-state index contributed by atoms with van der Waals surface area (Å²) in [6.07, 6.45) is 0.978. The van der Waals surface area contributed by atoms with Crippen LogP contribution in [0.1, 0.15) is 12.5 Å². The molecule has 0 aliphatic carbocycles. The van der Waals surface area contributed by atoms with Crippen molar-refractivity contribution in [3.05, 3.63) is 58.7 Å². The van der Waals surface area contributed by atoms with Crippen molar-refractivity contribution in [3.63, 3.8) is 0 Å². The third-order valence-electron chi connectivity index (χ3n) is 2.46. The molecular formula is C12H13NO4. The van der Waals surface area contributed by atoms with Crippen LogP contribution in [0.2, 0.25) is 0 Å². The summed E-state index contributed by atoms with van der Waals surface area (Å²) >= 11 is 0. The van der Waals surface area contributed by atoms with Crippen LogP contribution in [0.15, 0.2) is 43.0 Å². The molecule has 90 valence electrons. The number of benzene rings is 1. The molecule has 0 saturated heterocycles. The van der Waals surface area contributed by atoms with Crippen molar-refractivity contribution in [2.45, 2.75) is 12.5 Å². The van der Waals surface area contributed by atoms with E-state index in [1.54, 1.807) is 30.3 Å². The maximum atomic E-state index is 11.1. The summed E-state index contributed by atoms with van der Waals surface area (Å²) < 4.78 is 4.77. The maximum absolute atomic E-state index is 11.1. The summed E-state index contributed by atoms with van der Waals surface area (Å²) in [5, 5.41) is 11.1. The molecule has 0 fully saturated rings. The van der Waals surface area contributed by atoms with E-state index in [9.17, 15) is 14.9 Å². The molecule has 0 amide bonds. The molecule has 0 spiro atoms. The minimum Gasteiger partial charge on any atom is -0.454 e. The van der Waals surface area contributed by atoms with Crippen molar-refractivity contribution in [1.29, 1.82) is 0 Å². The predicted octanol–water partition coefficient (Wildman–Crippen LogP) is 1.91. The molecule has 17 heavy (non-hydrogen) atoms. The van der Waals surface area contributed by atoms with Gasteiger partial charge in [-0.1, -0.05) is 36.9 Å². The molecule has 0 heterocycles. The number of hydrogen-bond acceptors (Lipinski definition) is 4. The molecule has 1 aromatic rings. The van der Waals surface area contributed by atoms with Crippen molar-refractivity contribution >= 4 is 5.97 Å². The van der Waals surface area contributed by atoms with E-state index in [2.05, 4.69) is 6.58 Å². The lowest BCUT2D eigenvalue weighted by Crippen LogP contribution is -2.37. The highest BCUT2D eigenvalue weighted by Gasteiger charge is 2.40. The normalized spacial score (nSPS) is 13.5. The Hall–Kier alpha value is -2.17. The molecule has 0 aliphatic rings. The molecule has 1 rings (SSSR count). The van der Waals surface area contributed by atoms with Gasteiger partial charge in [-0.15, -0.1) is 0 Å². The van der Waals surface area contributed by atoms with Gasteiger partial charge >= 0.3 is 5.97 Å². The Labute approximate surface area is 98.9 Å². The second kappa shape index (κ2) is 5.25. The Kier molecular flexibility index (Phi) is 3.98. The number of carbonyl (C=O) groups is 1. The number of hydrogen-bond donors (Lipinski definition) is 0. The van der Waals surface area contributed by atoms with Gasteiger partial charge in [0.15, 0.2) is 6.61 Å². The largest absolute Gasteiger partial charge is 0.454 e. The van der Waals surface area contributed by atoms with Crippen LogP contribution in [-0.2, 0) is 15.1 Å². The topological polar surface area (TPSA) is 69.4 Å². The van der Waals surface area contributed by atoms with E-state index in [-0.39, 0.29) is 6.61 Å². The summed E-state index contributed by atoms with van der Waals surface area (Å²) in [5.74, 6) is -0.672. The molecule has 0 radical (unpaired) electrons. The van der Waals surface area contributed by atoms with Crippen LogP contribution < -0.4 is 0 Å². The first-order chi connectivity index (χ1) is 8.00. The first kappa shape index (κ1) is 12.9. The zero-order valence-electron chi connectivity index (χ0n) is 9.46. The highest BCUT2D eigenvalue weighted by atomic mass is 16.6. The third-order valence-corrected chi connectivity index (χ3v) is 2.46. The van der Waals surface area contributed by atoms with Crippen LogP contribution in [0.5, 0.6) is 0 Å². The fourth-order valence-corrected chi connectivity index (χ4v) is 1.31. The van der Waals surface area contributed by atoms with Crippen molar-refractivity contribution in [3.8, 4) is 0 Å². The van der Waals surface area contributed by atoms with Gasteiger partial charge in [0.05, 0.1) is 0 Å². The summed E-state index contributed by atoms with van der Waals surface area (Å²) in [5.41, 5.74) is -0.957. The molecule has 5 heteroatoms. The van der Waals surface area contributed by atoms with Crippen molar-refractivity contribution in [1.82, 2.24) is 0 Å². The summed E-state index contributed by atoms with van der Waals surface area (Å²) in [6.45, 7) is 4.33. The van der Waals surface area contributed by atoms with Crippen molar-refractivity contribution in [2.24, 2.45) is 0 Å². The third kappa shape index (κ3) is 2.90. The van der Waals surface area contributed by atoms with E-state index in [0.29, 0.717) is 5.56 Å². The average molecular weight is 235 g/mol. The Morgan fingerprint density at radius 1 is 1.53 bits per heavy atom. The molecule has 0 aliphatic heterocycles. The quantitative estimate of drug-likeness (QED) is 0.338. The molecule has 0 N–H and O–H groups in total. The SMILES string of the molecule is C=CC(=O)OCC(C)(c1ccccc1)[N+](=O)[O-]. The lowest BCUT2D eigenvalue weighted by atomic mass is 9.94. The second-order valence-corrected chi connectivity index (χ2v) is 3.71. The summed E-state index contributed by atoms with van der Waals surface area (Å²) in [7, 11) is 0. The summed E-state index contributed by atoms with van der Waals surface area (Å²) in [6, 6.07) is 8.42. The van der Waals surface area contributed by atoms with Gasteiger partial charge in [0.1, 0.15) is 0 Å². The second-order valence-electron chi connectivity index (χ2n) is 3.71. The molecule has 1 unspecified atom stereocenters. The van der Waals surface area contributed by atoms with Crippen LogP contribution >= 0.6 is 0 Å². The van der Waals surface area contributed by atoms with Gasteiger partial charge in [0, 0.05) is 23.5 Å². The lowest BCUT2D eigenvalue weighted by Gasteiger charge is -2.20. The van der Waals surface area contributed by atoms with E-state index in [1.807, 2.05) is 0 Å². The van der Waals surface area contributed by atoms with Crippen LogP contribution in [0.4, 0.5) is 0 Å². The van der Waals surface area contributed by atoms with E-state index in [4.69, 9.17) is 4.74 Å². The Morgan fingerprint density at radius 2 is 2.12 bits per heavy atom. The van der Waals surface area contributed by atoms with Gasteiger partial charge in [-0.3, -0.25) is 10.1 Å². The monoisotopic (exact) mass is 235 g/mol. The highest BCUT2D eigenvalue weighted by Crippen LogP contribution is 2.24. The standard InChI is InChI=1S/C12H13NO4/c1-3-11(14)17-9-12(2,13(15)16)10-7-5-4-6-8-10/h3-8H,1,9H2,2H3. The number of nitrogens with zero attached hydrogens (tertiary/aromatic N) is 1. The van der Waals surface area contributed by atoms with Gasteiger partial charge < -0.3 is 4.74 Å². The molecule has 0 bridgehead atoms. The van der Waals surface area contributed by atoms with Crippen LogP contribution in [0.3, 0.4) is 0 Å². The van der Waals surface area contributed by atoms with Gasteiger partial charge in [0.2, 0.25) is 0 Å². The van der Waals surface area contributed by atoms with Gasteiger partial charge in [0.25, 0.3) is 5.54 Å². The van der Waals surface area contributed by atoms with Gasteiger partial charge in [-0.05, 0) is 0 Å². The first-order valence-corrected chi connectivity index (χ1v) is 5.00. The Balaban J connectivity index is 2.94. The molecular weight excluding hydrogens is 222 g/mol. The molecule has 0 aromatic heterocycles. The Bertz CT molecular complexity index is 429. The average Bonchev–Trinajstić information content (AvgIpc) is 2.36. The number of esters is 1. The van der Waals surface area contributed by atoms with Gasteiger partial charge in [-0.2, -0.15) is 0 Å². The minimum atomic E-state index is -1.44. The maximum Gasteiger partial charge on any atom is 0.330 e. The predicted molar refractivity (Wildman–Crippen MR) is 61.9 cm³/mol. The lowest BCUT2D eigenvalue weighted by molar-refractivity contribution is -0.577. The van der Waals surface area contributed by atoms with Gasteiger partial charge in [-0.25, -0.2) is 4.79 Å². The van der Waals surface area contributed by atoms with E-state index < -0.39 is 16.4 Å². The smallest absolute Gasteiger partial charge is 0.330 e. The van der Waals surface area contributed by atoms with Crippen LogP contribution in [-0.4, -0.2) is 17.5 Å². The highest BCUT2D eigenvalue weighted by molar-refractivity contribution is 5.81. The zero-order chi connectivity index (χ0) is 12.9.